The van der Waals surface area contributed by atoms with E-state index in [9.17, 15) is 4.79 Å². The fourth-order valence-corrected chi connectivity index (χ4v) is 2.04. The predicted octanol–water partition coefficient (Wildman–Crippen LogP) is 2.55. The lowest BCUT2D eigenvalue weighted by molar-refractivity contribution is 0.0600. The van der Waals surface area contributed by atoms with Gasteiger partial charge in [0, 0.05) is 7.05 Å². The third kappa shape index (κ3) is 3.14. The standard InChI is InChI=1S/C13H13BrN2O3/c1-16-12(11(14)7-15-16)8-19-10-5-3-4-9(6-10)13(17)18-2/h3-7H,8H2,1-2H3. The SMILES string of the molecule is COC(=O)c1cccc(OCc2c(Br)cnn2C)c1. The second kappa shape index (κ2) is 5.88. The lowest BCUT2D eigenvalue weighted by Gasteiger charge is -2.08. The van der Waals surface area contributed by atoms with Gasteiger partial charge in [0.25, 0.3) is 0 Å². The summed E-state index contributed by atoms with van der Waals surface area (Å²) in [6, 6.07) is 6.87. The molecule has 1 heterocycles. The van der Waals surface area contributed by atoms with E-state index in [2.05, 4.69) is 25.8 Å². The number of hydrogen-bond donors (Lipinski definition) is 0. The van der Waals surface area contributed by atoms with Gasteiger partial charge >= 0.3 is 5.97 Å². The molecular weight excluding hydrogens is 312 g/mol. The normalized spacial score (nSPS) is 10.3. The quantitative estimate of drug-likeness (QED) is 0.811. The Balaban J connectivity index is 2.10. The van der Waals surface area contributed by atoms with Crippen LogP contribution in [-0.4, -0.2) is 22.9 Å². The molecule has 0 bridgehead atoms. The Kier molecular flexibility index (Phi) is 4.21. The number of halogens is 1. The van der Waals surface area contributed by atoms with E-state index in [1.54, 1.807) is 35.1 Å². The van der Waals surface area contributed by atoms with E-state index < -0.39 is 0 Å². The van der Waals surface area contributed by atoms with Crippen LogP contribution in [-0.2, 0) is 18.4 Å². The van der Waals surface area contributed by atoms with Crippen LogP contribution in [0.4, 0.5) is 0 Å². The molecule has 1 aromatic heterocycles. The molecule has 0 aliphatic carbocycles. The third-order valence-electron chi connectivity index (χ3n) is 2.64. The molecule has 2 rings (SSSR count). The number of carbonyl (C=O) groups excluding carboxylic acids is 1. The highest BCUT2D eigenvalue weighted by atomic mass is 79.9. The van der Waals surface area contributed by atoms with Crippen molar-refractivity contribution in [2.45, 2.75) is 6.61 Å². The first-order chi connectivity index (χ1) is 9.11. The maximum Gasteiger partial charge on any atom is 0.337 e. The van der Waals surface area contributed by atoms with Crippen molar-refractivity contribution in [2.24, 2.45) is 7.05 Å². The van der Waals surface area contributed by atoms with Gasteiger partial charge in [0.2, 0.25) is 0 Å². The van der Waals surface area contributed by atoms with Crippen molar-refractivity contribution in [3.05, 3.63) is 46.2 Å². The molecule has 0 aliphatic heterocycles. The van der Waals surface area contributed by atoms with Crippen molar-refractivity contribution in [3.63, 3.8) is 0 Å². The maximum absolute atomic E-state index is 11.4. The minimum atomic E-state index is -0.382. The molecule has 0 amide bonds. The van der Waals surface area contributed by atoms with E-state index in [1.165, 1.54) is 7.11 Å². The van der Waals surface area contributed by atoms with Gasteiger partial charge in [-0.2, -0.15) is 5.10 Å². The summed E-state index contributed by atoms with van der Waals surface area (Å²) in [5.41, 5.74) is 1.38. The Morgan fingerprint density at radius 2 is 2.26 bits per heavy atom. The van der Waals surface area contributed by atoms with E-state index >= 15 is 0 Å². The fraction of sp³-hybridized carbons (Fsp3) is 0.231. The van der Waals surface area contributed by atoms with E-state index in [4.69, 9.17) is 4.74 Å². The molecule has 0 atom stereocenters. The summed E-state index contributed by atoms with van der Waals surface area (Å²) in [5, 5.41) is 4.10. The summed E-state index contributed by atoms with van der Waals surface area (Å²) in [5.74, 6) is 0.225. The Morgan fingerprint density at radius 3 is 2.89 bits per heavy atom. The number of rotatable bonds is 4. The lowest BCUT2D eigenvalue weighted by atomic mass is 10.2. The van der Waals surface area contributed by atoms with Gasteiger partial charge < -0.3 is 9.47 Å². The van der Waals surface area contributed by atoms with Crippen LogP contribution in [0, 0.1) is 0 Å². The average molecular weight is 325 g/mol. The Labute approximate surface area is 119 Å². The van der Waals surface area contributed by atoms with Gasteiger partial charge in [0.15, 0.2) is 0 Å². The second-order valence-corrected chi connectivity index (χ2v) is 4.73. The minimum absolute atomic E-state index is 0.363. The number of aryl methyl sites for hydroxylation is 1. The second-order valence-electron chi connectivity index (χ2n) is 3.87. The topological polar surface area (TPSA) is 53.4 Å². The van der Waals surface area contributed by atoms with E-state index in [0.717, 1.165) is 10.2 Å². The van der Waals surface area contributed by atoms with Gasteiger partial charge in [-0.3, -0.25) is 4.68 Å². The van der Waals surface area contributed by atoms with Crippen LogP contribution in [0.2, 0.25) is 0 Å². The van der Waals surface area contributed by atoms with Crippen molar-refractivity contribution in [2.75, 3.05) is 7.11 Å². The van der Waals surface area contributed by atoms with Crippen molar-refractivity contribution >= 4 is 21.9 Å². The Morgan fingerprint density at radius 1 is 1.47 bits per heavy atom. The van der Waals surface area contributed by atoms with Crippen LogP contribution >= 0.6 is 15.9 Å². The van der Waals surface area contributed by atoms with Crippen LogP contribution in [0.1, 0.15) is 16.1 Å². The summed E-state index contributed by atoms with van der Waals surface area (Å²) in [7, 11) is 3.19. The Bertz CT molecular complexity index is 576. The molecule has 19 heavy (non-hydrogen) atoms. The molecule has 0 fully saturated rings. The average Bonchev–Trinajstić information content (AvgIpc) is 2.75. The monoisotopic (exact) mass is 324 g/mol. The highest BCUT2D eigenvalue weighted by Crippen LogP contribution is 2.19. The van der Waals surface area contributed by atoms with E-state index in [0.29, 0.717) is 17.9 Å². The zero-order valence-electron chi connectivity index (χ0n) is 10.6. The Hall–Kier alpha value is -1.82. The van der Waals surface area contributed by atoms with E-state index in [-0.39, 0.29) is 5.97 Å². The smallest absolute Gasteiger partial charge is 0.337 e. The van der Waals surface area contributed by atoms with E-state index in [1.807, 2.05) is 7.05 Å². The molecule has 0 saturated carbocycles. The van der Waals surface area contributed by atoms with Crippen LogP contribution in [0.5, 0.6) is 5.75 Å². The predicted molar refractivity (Wildman–Crippen MR) is 73.0 cm³/mol. The number of esters is 1. The third-order valence-corrected chi connectivity index (χ3v) is 3.30. The van der Waals surface area contributed by atoms with Crippen LogP contribution in [0.25, 0.3) is 0 Å². The molecule has 0 N–H and O–H groups in total. The summed E-state index contributed by atoms with van der Waals surface area (Å²) >= 11 is 3.40. The minimum Gasteiger partial charge on any atom is -0.487 e. The molecule has 0 aliphatic rings. The lowest BCUT2D eigenvalue weighted by Crippen LogP contribution is -2.05. The number of ether oxygens (including phenoxy) is 2. The van der Waals surface area contributed by atoms with Gasteiger partial charge in [-0.1, -0.05) is 6.07 Å². The maximum atomic E-state index is 11.4. The molecule has 5 nitrogen and oxygen atoms in total. The van der Waals surface area contributed by atoms with Crippen molar-refractivity contribution in [3.8, 4) is 5.75 Å². The van der Waals surface area contributed by atoms with Gasteiger partial charge in [0.1, 0.15) is 12.4 Å². The van der Waals surface area contributed by atoms with Crippen molar-refractivity contribution < 1.29 is 14.3 Å². The summed E-state index contributed by atoms with van der Waals surface area (Å²) in [6.07, 6.45) is 1.71. The molecular formula is C13H13BrN2O3. The zero-order chi connectivity index (χ0) is 13.8. The first kappa shape index (κ1) is 13.6. The molecule has 2 aromatic rings. The van der Waals surface area contributed by atoms with Crippen molar-refractivity contribution in [1.29, 1.82) is 0 Å². The van der Waals surface area contributed by atoms with Gasteiger partial charge in [-0.25, -0.2) is 4.79 Å². The summed E-state index contributed by atoms with van der Waals surface area (Å²) in [4.78, 5) is 11.4. The molecule has 0 spiro atoms. The van der Waals surface area contributed by atoms with Crippen LogP contribution < -0.4 is 4.74 Å². The summed E-state index contributed by atoms with van der Waals surface area (Å²) in [6.45, 7) is 0.363. The van der Waals surface area contributed by atoms with Gasteiger partial charge in [-0.05, 0) is 34.1 Å². The van der Waals surface area contributed by atoms with Crippen LogP contribution in [0.3, 0.4) is 0 Å². The summed E-state index contributed by atoms with van der Waals surface area (Å²) < 4.78 is 12.9. The molecule has 100 valence electrons. The van der Waals surface area contributed by atoms with Gasteiger partial charge in [0.05, 0.1) is 29.0 Å². The molecule has 0 saturated heterocycles. The van der Waals surface area contributed by atoms with Gasteiger partial charge in [-0.15, -0.1) is 0 Å². The highest BCUT2D eigenvalue weighted by molar-refractivity contribution is 9.10. The zero-order valence-corrected chi connectivity index (χ0v) is 12.2. The van der Waals surface area contributed by atoms with Crippen LogP contribution in [0.15, 0.2) is 34.9 Å². The molecule has 0 radical (unpaired) electrons. The number of benzene rings is 1. The number of hydrogen-bond acceptors (Lipinski definition) is 4. The number of methoxy groups -OCH3 is 1. The highest BCUT2D eigenvalue weighted by Gasteiger charge is 2.09. The first-order valence-electron chi connectivity index (χ1n) is 5.59. The number of nitrogens with zero attached hydrogens (tertiary/aromatic N) is 2. The molecule has 1 aromatic carbocycles. The molecule has 6 heteroatoms. The first-order valence-corrected chi connectivity index (χ1v) is 6.38. The number of carbonyl (C=O) groups is 1. The fourth-order valence-electron chi connectivity index (χ4n) is 1.58. The van der Waals surface area contributed by atoms with Crippen molar-refractivity contribution in [1.82, 2.24) is 9.78 Å². The molecule has 0 unspecified atom stereocenters. The largest absolute Gasteiger partial charge is 0.487 e. The number of aromatic nitrogens is 2.